The van der Waals surface area contributed by atoms with Gasteiger partial charge in [-0.05, 0) is 55.8 Å². The number of nitrogens with two attached hydrogens (primary N) is 1. The number of hydrogen-bond acceptors (Lipinski definition) is 7. The molecule has 0 aromatic heterocycles. The lowest BCUT2D eigenvalue weighted by molar-refractivity contribution is -0.179. The van der Waals surface area contributed by atoms with Gasteiger partial charge in [0.1, 0.15) is 11.9 Å². The molecule has 8 heteroatoms. The first-order valence-corrected chi connectivity index (χ1v) is 11.8. The summed E-state index contributed by atoms with van der Waals surface area (Å²) in [6.45, 7) is 4.39. The van der Waals surface area contributed by atoms with E-state index in [-0.39, 0.29) is 41.2 Å². The third-order valence-electron chi connectivity index (χ3n) is 9.39. The molecule has 3 saturated carbocycles. The Morgan fingerprint density at radius 1 is 1.00 bits per heavy atom. The highest BCUT2D eigenvalue weighted by molar-refractivity contribution is 6.01. The van der Waals surface area contributed by atoms with Crippen LogP contribution in [0.5, 0.6) is 0 Å². The standard InChI is InChI=1S/C24H32N2O6/c1-22-10-8-15(31-21(30)32-26-19(28)5-6-20(26)29)13-14(22)7-12-24(25)16-3-4-18(27)23(16,2)11-9-17(22)24/h7,15-17H,3-6,8-13,25H2,1-2H3/t15-,16+,17+,22-,23-,24+/m0/s1. The van der Waals surface area contributed by atoms with Gasteiger partial charge in [-0.25, -0.2) is 4.79 Å². The van der Waals surface area contributed by atoms with Crippen LogP contribution in [0.4, 0.5) is 4.79 Å². The molecule has 32 heavy (non-hydrogen) atoms. The zero-order chi connectivity index (χ0) is 22.9. The van der Waals surface area contributed by atoms with Crippen LogP contribution in [0, 0.1) is 22.7 Å². The van der Waals surface area contributed by atoms with Crippen molar-refractivity contribution in [1.82, 2.24) is 5.06 Å². The van der Waals surface area contributed by atoms with Gasteiger partial charge in [-0.1, -0.05) is 30.6 Å². The Morgan fingerprint density at radius 3 is 2.38 bits per heavy atom. The van der Waals surface area contributed by atoms with Crippen LogP contribution in [0.3, 0.4) is 0 Å². The summed E-state index contributed by atoms with van der Waals surface area (Å²) in [6, 6.07) is 0. The van der Waals surface area contributed by atoms with E-state index in [1.807, 2.05) is 0 Å². The molecule has 4 fully saturated rings. The van der Waals surface area contributed by atoms with Gasteiger partial charge in [-0.15, -0.1) is 0 Å². The second-order valence-corrected chi connectivity index (χ2v) is 10.9. The lowest BCUT2D eigenvalue weighted by Crippen LogP contribution is -2.66. The van der Waals surface area contributed by atoms with E-state index in [0.717, 1.165) is 32.1 Å². The molecule has 4 aliphatic carbocycles. The molecule has 1 heterocycles. The molecule has 5 aliphatic rings. The van der Waals surface area contributed by atoms with Crippen molar-refractivity contribution in [3.8, 4) is 0 Å². The summed E-state index contributed by atoms with van der Waals surface area (Å²) in [5.74, 6) is -0.155. The number of carbonyl (C=O) groups is 4. The average Bonchev–Trinajstić information content (AvgIpc) is 3.22. The predicted molar refractivity (Wildman–Crippen MR) is 113 cm³/mol. The number of ether oxygens (including phenoxy) is 1. The molecule has 0 spiro atoms. The molecule has 174 valence electrons. The molecule has 1 aliphatic heterocycles. The number of carbonyl (C=O) groups excluding carboxylic acids is 4. The lowest BCUT2D eigenvalue weighted by atomic mass is 9.45. The van der Waals surface area contributed by atoms with E-state index in [1.165, 1.54) is 5.57 Å². The zero-order valence-electron chi connectivity index (χ0n) is 18.9. The Morgan fingerprint density at radius 2 is 1.66 bits per heavy atom. The Bertz CT molecular complexity index is 913. The van der Waals surface area contributed by atoms with Crippen LogP contribution >= 0.6 is 0 Å². The van der Waals surface area contributed by atoms with E-state index >= 15 is 0 Å². The van der Waals surface area contributed by atoms with E-state index in [4.69, 9.17) is 15.3 Å². The van der Waals surface area contributed by atoms with Crippen LogP contribution in [-0.4, -0.2) is 40.5 Å². The number of imide groups is 1. The minimum atomic E-state index is -1.01. The summed E-state index contributed by atoms with van der Waals surface area (Å²) >= 11 is 0. The number of amides is 2. The molecule has 0 aromatic rings. The van der Waals surface area contributed by atoms with Crippen LogP contribution in [0.25, 0.3) is 0 Å². The minimum Gasteiger partial charge on any atom is -0.429 e. The Hall–Kier alpha value is -2.22. The Balaban J connectivity index is 1.30. The summed E-state index contributed by atoms with van der Waals surface area (Å²) in [5, 5.41) is 0.514. The fourth-order valence-electron chi connectivity index (χ4n) is 7.61. The summed E-state index contributed by atoms with van der Waals surface area (Å²) < 4.78 is 5.48. The van der Waals surface area contributed by atoms with Crippen LogP contribution in [0.15, 0.2) is 11.6 Å². The topological polar surface area (TPSA) is 116 Å². The summed E-state index contributed by atoms with van der Waals surface area (Å²) in [6.07, 6.45) is 7.15. The molecule has 2 amide bonds. The molecule has 1 saturated heterocycles. The zero-order valence-corrected chi connectivity index (χ0v) is 18.9. The Labute approximate surface area is 187 Å². The van der Waals surface area contributed by atoms with Gasteiger partial charge >= 0.3 is 6.16 Å². The van der Waals surface area contributed by atoms with E-state index < -0.39 is 18.0 Å². The van der Waals surface area contributed by atoms with Gasteiger partial charge in [0.15, 0.2) is 0 Å². The highest BCUT2D eigenvalue weighted by Crippen LogP contribution is 2.64. The monoisotopic (exact) mass is 444 g/mol. The molecule has 0 radical (unpaired) electrons. The predicted octanol–water partition coefficient (Wildman–Crippen LogP) is 3.19. The van der Waals surface area contributed by atoms with Gasteiger partial charge in [0.05, 0.1) is 0 Å². The van der Waals surface area contributed by atoms with Crippen LogP contribution in [0.2, 0.25) is 0 Å². The minimum absolute atomic E-state index is 0.0502. The summed E-state index contributed by atoms with van der Waals surface area (Å²) in [4.78, 5) is 53.0. The summed E-state index contributed by atoms with van der Waals surface area (Å²) in [7, 11) is 0. The lowest BCUT2D eigenvalue weighted by Gasteiger charge is -2.61. The number of hydrogen-bond donors (Lipinski definition) is 1. The van der Waals surface area contributed by atoms with Crippen molar-refractivity contribution >= 4 is 23.8 Å². The second-order valence-electron chi connectivity index (χ2n) is 10.9. The number of nitrogens with zero attached hydrogens (tertiary/aromatic N) is 1. The highest BCUT2D eigenvalue weighted by Gasteiger charge is 2.64. The average molecular weight is 445 g/mol. The van der Waals surface area contributed by atoms with E-state index in [2.05, 4.69) is 19.9 Å². The van der Waals surface area contributed by atoms with Crippen LogP contribution < -0.4 is 5.73 Å². The first-order valence-electron chi connectivity index (χ1n) is 11.8. The van der Waals surface area contributed by atoms with Gasteiger partial charge < -0.3 is 10.5 Å². The molecular weight excluding hydrogens is 412 g/mol. The Kier molecular flexibility index (Phi) is 4.82. The maximum absolute atomic E-state index is 12.6. The van der Waals surface area contributed by atoms with Gasteiger partial charge in [0, 0.05) is 36.6 Å². The van der Waals surface area contributed by atoms with Crippen molar-refractivity contribution in [2.45, 2.75) is 89.7 Å². The molecule has 0 aromatic carbocycles. The number of ketones is 1. The highest BCUT2D eigenvalue weighted by atomic mass is 16.8. The van der Waals surface area contributed by atoms with Gasteiger partial charge in [0.2, 0.25) is 0 Å². The first-order chi connectivity index (χ1) is 15.1. The molecule has 0 bridgehead atoms. The second kappa shape index (κ2) is 7.14. The third-order valence-corrected chi connectivity index (χ3v) is 9.39. The fourth-order valence-corrected chi connectivity index (χ4v) is 7.61. The van der Waals surface area contributed by atoms with Gasteiger partial charge in [0.25, 0.3) is 11.8 Å². The number of fused-ring (bicyclic) bond motifs is 5. The van der Waals surface area contributed by atoms with E-state index in [1.54, 1.807) is 0 Å². The molecule has 6 atom stereocenters. The van der Waals surface area contributed by atoms with Crippen LogP contribution in [0.1, 0.15) is 78.1 Å². The van der Waals surface area contributed by atoms with Crippen molar-refractivity contribution in [3.05, 3.63) is 11.6 Å². The van der Waals surface area contributed by atoms with Crippen molar-refractivity contribution < 1.29 is 28.8 Å². The molecule has 2 N–H and O–H groups in total. The SMILES string of the molecule is C[C@]12CC[C@H](OC(=O)ON3C(=O)CCC3=O)CC1=CC[C@]1(N)[C@@H]2CC[C@]2(C)C(=O)CC[C@@H]12. The van der Waals surface area contributed by atoms with Crippen molar-refractivity contribution in [3.63, 3.8) is 0 Å². The normalized spacial score (nSPS) is 43.3. The number of Topliss-reactive ketones (excluding diaryl/α,β-unsaturated/α-hetero) is 1. The first kappa shape index (κ1) is 21.6. The quantitative estimate of drug-likeness (QED) is 0.395. The van der Waals surface area contributed by atoms with Crippen molar-refractivity contribution in [2.75, 3.05) is 0 Å². The summed E-state index contributed by atoms with van der Waals surface area (Å²) in [5.41, 5.74) is 7.67. The number of rotatable bonds is 2. The van der Waals surface area contributed by atoms with Gasteiger partial charge in [-0.2, -0.15) is 0 Å². The maximum Gasteiger partial charge on any atom is 0.534 e. The van der Waals surface area contributed by atoms with Crippen molar-refractivity contribution in [1.29, 1.82) is 0 Å². The van der Waals surface area contributed by atoms with E-state index in [0.29, 0.717) is 36.0 Å². The fraction of sp³-hybridized carbons (Fsp3) is 0.750. The maximum atomic E-state index is 12.6. The van der Waals surface area contributed by atoms with E-state index in [9.17, 15) is 19.2 Å². The van der Waals surface area contributed by atoms with Crippen molar-refractivity contribution in [2.24, 2.45) is 28.4 Å². The molecule has 5 rings (SSSR count). The number of hydroxylamine groups is 2. The molecule has 8 nitrogen and oxygen atoms in total. The smallest absolute Gasteiger partial charge is 0.429 e. The van der Waals surface area contributed by atoms with Gasteiger partial charge in [-0.3, -0.25) is 19.2 Å². The van der Waals surface area contributed by atoms with Crippen LogP contribution in [-0.2, 0) is 24.0 Å². The molecular formula is C24H32N2O6. The largest absolute Gasteiger partial charge is 0.534 e. The molecule has 0 unspecified atom stereocenters. The third kappa shape index (κ3) is 2.98.